The maximum Gasteiger partial charge on any atom is -0.00705 e. The molecule has 0 spiro atoms. The fourth-order valence-corrected chi connectivity index (χ4v) is 3.48. The van der Waals surface area contributed by atoms with Gasteiger partial charge in [-0.15, -0.1) is 0 Å². The third kappa shape index (κ3) is 1.83. The standard InChI is InChI=1S/C20H20/c1-2-5-19-17(15-8-9-15)13-12-16-11-10-14-6-3-4-7-18(14)20(16)19/h3-4,6-7,10-13,15H,2,5,8-9H2,1H3. The van der Waals surface area contributed by atoms with Crippen LogP contribution < -0.4 is 0 Å². The second kappa shape index (κ2) is 4.63. The van der Waals surface area contributed by atoms with Crippen molar-refractivity contribution in [3.8, 4) is 0 Å². The molecule has 1 aliphatic carbocycles. The number of rotatable bonds is 3. The molecule has 0 heterocycles. The minimum Gasteiger partial charge on any atom is -0.0651 e. The van der Waals surface area contributed by atoms with Crippen molar-refractivity contribution in [1.82, 2.24) is 0 Å². The molecule has 0 aliphatic heterocycles. The first-order chi connectivity index (χ1) is 9.88. The fourth-order valence-electron chi connectivity index (χ4n) is 3.48. The summed E-state index contributed by atoms with van der Waals surface area (Å²) in [5, 5.41) is 5.70. The topological polar surface area (TPSA) is 0 Å². The summed E-state index contributed by atoms with van der Waals surface area (Å²) >= 11 is 0. The zero-order chi connectivity index (χ0) is 13.5. The monoisotopic (exact) mass is 260 g/mol. The Hall–Kier alpha value is -1.82. The average Bonchev–Trinajstić information content (AvgIpc) is 3.32. The average molecular weight is 260 g/mol. The zero-order valence-corrected chi connectivity index (χ0v) is 12.0. The van der Waals surface area contributed by atoms with Gasteiger partial charge in [0.05, 0.1) is 0 Å². The number of fused-ring (bicyclic) bond motifs is 3. The summed E-state index contributed by atoms with van der Waals surface area (Å²) < 4.78 is 0. The molecule has 0 nitrogen and oxygen atoms in total. The molecule has 0 unspecified atom stereocenters. The van der Waals surface area contributed by atoms with Gasteiger partial charge in [-0.2, -0.15) is 0 Å². The molecule has 1 saturated carbocycles. The van der Waals surface area contributed by atoms with E-state index in [1.165, 1.54) is 47.2 Å². The van der Waals surface area contributed by atoms with Gasteiger partial charge in [0.2, 0.25) is 0 Å². The molecule has 0 saturated heterocycles. The van der Waals surface area contributed by atoms with Gasteiger partial charge >= 0.3 is 0 Å². The van der Waals surface area contributed by atoms with Crippen LogP contribution in [0.1, 0.15) is 43.2 Å². The summed E-state index contributed by atoms with van der Waals surface area (Å²) in [6, 6.07) is 18.1. The van der Waals surface area contributed by atoms with Crippen LogP contribution in [0.4, 0.5) is 0 Å². The van der Waals surface area contributed by atoms with Crippen molar-refractivity contribution < 1.29 is 0 Å². The lowest BCUT2D eigenvalue weighted by Crippen LogP contribution is -1.95. The van der Waals surface area contributed by atoms with Crippen LogP contribution in [0.2, 0.25) is 0 Å². The van der Waals surface area contributed by atoms with E-state index in [2.05, 4.69) is 55.5 Å². The molecule has 0 N–H and O–H groups in total. The third-order valence-corrected chi connectivity index (χ3v) is 4.57. The first-order valence-corrected chi connectivity index (χ1v) is 7.81. The van der Waals surface area contributed by atoms with E-state index >= 15 is 0 Å². The molecular formula is C20H20. The lowest BCUT2D eigenvalue weighted by atomic mass is 9.90. The van der Waals surface area contributed by atoms with Crippen molar-refractivity contribution in [2.75, 3.05) is 0 Å². The second-order valence-electron chi connectivity index (χ2n) is 6.04. The van der Waals surface area contributed by atoms with E-state index in [1.807, 2.05) is 0 Å². The SMILES string of the molecule is CCCc1c(C2CC2)ccc2ccc3ccccc3c12. The van der Waals surface area contributed by atoms with Crippen molar-refractivity contribution >= 4 is 21.5 Å². The summed E-state index contributed by atoms with van der Waals surface area (Å²) in [6.45, 7) is 2.29. The van der Waals surface area contributed by atoms with Crippen LogP contribution in [0, 0.1) is 0 Å². The Kier molecular flexibility index (Phi) is 2.77. The third-order valence-electron chi connectivity index (χ3n) is 4.57. The fraction of sp³-hybridized carbons (Fsp3) is 0.300. The molecule has 0 amide bonds. The van der Waals surface area contributed by atoms with Crippen LogP contribution in [0.15, 0.2) is 48.5 Å². The maximum atomic E-state index is 2.39. The van der Waals surface area contributed by atoms with Gasteiger partial charge in [0.15, 0.2) is 0 Å². The summed E-state index contributed by atoms with van der Waals surface area (Å²) in [5.74, 6) is 0.833. The Balaban J connectivity index is 2.12. The van der Waals surface area contributed by atoms with Crippen LogP contribution in [0.5, 0.6) is 0 Å². The summed E-state index contributed by atoms with van der Waals surface area (Å²) in [5.41, 5.74) is 3.24. The number of hydrogen-bond donors (Lipinski definition) is 0. The molecule has 1 aliphatic rings. The highest BCUT2D eigenvalue weighted by molar-refractivity contribution is 6.09. The van der Waals surface area contributed by atoms with E-state index < -0.39 is 0 Å². The molecule has 20 heavy (non-hydrogen) atoms. The normalized spacial score (nSPS) is 15.1. The molecule has 3 aromatic carbocycles. The number of aryl methyl sites for hydroxylation is 1. The largest absolute Gasteiger partial charge is 0.0651 e. The van der Waals surface area contributed by atoms with E-state index in [4.69, 9.17) is 0 Å². The minimum atomic E-state index is 0.833. The molecule has 0 bridgehead atoms. The molecule has 0 radical (unpaired) electrons. The van der Waals surface area contributed by atoms with Crippen molar-refractivity contribution in [1.29, 1.82) is 0 Å². The lowest BCUT2D eigenvalue weighted by molar-refractivity contribution is 0.906. The lowest BCUT2D eigenvalue weighted by Gasteiger charge is -2.14. The van der Waals surface area contributed by atoms with Gasteiger partial charge in [-0.05, 0) is 57.9 Å². The molecule has 3 aromatic rings. The van der Waals surface area contributed by atoms with E-state index in [1.54, 1.807) is 11.1 Å². The molecule has 100 valence electrons. The second-order valence-corrected chi connectivity index (χ2v) is 6.04. The van der Waals surface area contributed by atoms with E-state index in [0.717, 1.165) is 5.92 Å². The van der Waals surface area contributed by atoms with Crippen LogP contribution in [0.3, 0.4) is 0 Å². The molecule has 0 atom stereocenters. The Morgan fingerprint density at radius 2 is 1.65 bits per heavy atom. The molecular weight excluding hydrogens is 240 g/mol. The number of benzene rings is 3. The Morgan fingerprint density at radius 1 is 0.900 bits per heavy atom. The minimum absolute atomic E-state index is 0.833. The van der Waals surface area contributed by atoms with Crippen molar-refractivity contribution in [2.45, 2.75) is 38.5 Å². The Bertz CT molecular complexity index is 778. The highest BCUT2D eigenvalue weighted by Gasteiger charge is 2.26. The number of hydrogen-bond acceptors (Lipinski definition) is 0. The Labute approximate surface area is 120 Å². The molecule has 1 fully saturated rings. The zero-order valence-electron chi connectivity index (χ0n) is 12.0. The van der Waals surface area contributed by atoms with Crippen molar-refractivity contribution in [3.05, 3.63) is 59.7 Å². The summed E-state index contributed by atoms with van der Waals surface area (Å²) in [4.78, 5) is 0. The predicted octanol–water partition coefficient (Wildman–Crippen LogP) is 5.82. The van der Waals surface area contributed by atoms with Gasteiger partial charge in [-0.1, -0.05) is 61.9 Å². The smallest absolute Gasteiger partial charge is 0.00705 e. The van der Waals surface area contributed by atoms with Crippen LogP contribution in [0.25, 0.3) is 21.5 Å². The highest BCUT2D eigenvalue weighted by atomic mass is 14.3. The Morgan fingerprint density at radius 3 is 2.45 bits per heavy atom. The van der Waals surface area contributed by atoms with Gasteiger partial charge in [0.1, 0.15) is 0 Å². The molecule has 0 aromatic heterocycles. The highest BCUT2D eigenvalue weighted by Crippen LogP contribution is 2.44. The van der Waals surface area contributed by atoms with Gasteiger partial charge in [-0.25, -0.2) is 0 Å². The van der Waals surface area contributed by atoms with Gasteiger partial charge < -0.3 is 0 Å². The van der Waals surface area contributed by atoms with E-state index in [-0.39, 0.29) is 0 Å². The van der Waals surface area contributed by atoms with Crippen molar-refractivity contribution in [3.63, 3.8) is 0 Å². The van der Waals surface area contributed by atoms with Gasteiger partial charge in [0, 0.05) is 0 Å². The summed E-state index contributed by atoms with van der Waals surface area (Å²) in [7, 11) is 0. The van der Waals surface area contributed by atoms with E-state index in [0.29, 0.717) is 0 Å². The van der Waals surface area contributed by atoms with E-state index in [9.17, 15) is 0 Å². The van der Waals surface area contributed by atoms with Crippen LogP contribution in [-0.4, -0.2) is 0 Å². The molecule has 4 rings (SSSR count). The quantitative estimate of drug-likeness (QED) is 0.520. The van der Waals surface area contributed by atoms with Crippen LogP contribution >= 0.6 is 0 Å². The van der Waals surface area contributed by atoms with Gasteiger partial charge in [0.25, 0.3) is 0 Å². The van der Waals surface area contributed by atoms with Gasteiger partial charge in [-0.3, -0.25) is 0 Å². The maximum absolute atomic E-state index is 2.39. The predicted molar refractivity (Wildman–Crippen MR) is 87.4 cm³/mol. The first-order valence-electron chi connectivity index (χ1n) is 7.81. The summed E-state index contributed by atoms with van der Waals surface area (Å²) in [6.07, 6.45) is 5.19. The molecule has 0 heteroatoms. The first kappa shape index (κ1) is 12.0. The van der Waals surface area contributed by atoms with Crippen LogP contribution in [-0.2, 0) is 6.42 Å². The van der Waals surface area contributed by atoms with Crippen molar-refractivity contribution in [2.24, 2.45) is 0 Å².